The molecule has 3 unspecified atom stereocenters. The first-order chi connectivity index (χ1) is 12.8. The molecule has 3 atom stereocenters. The molecule has 3 heteroatoms. The third kappa shape index (κ3) is 2.86. The van der Waals surface area contributed by atoms with Crippen molar-refractivity contribution in [1.82, 2.24) is 0 Å². The fraction of sp³-hybridized carbons (Fsp3) is 0.348. The molecule has 0 aromatic heterocycles. The van der Waals surface area contributed by atoms with Crippen LogP contribution in [0.1, 0.15) is 36.8 Å². The second kappa shape index (κ2) is 6.94. The van der Waals surface area contributed by atoms with Crippen LogP contribution in [0.15, 0.2) is 65.1 Å². The van der Waals surface area contributed by atoms with Gasteiger partial charge in [0.05, 0.1) is 0 Å². The van der Waals surface area contributed by atoms with E-state index in [9.17, 15) is 4.79 Å². The molecule has 0 amide bonds. The Morgan fingerprint density at radius 3 is 2.62 bits per heavy atom. The largest absolute Gasteiger partial charge is 0.299 e. The first-order valence-corrected chi connectivity index (χ1v) is 11.3. The molecular weight excluding hydrogens is 356 g/mol. The predicted molar refractivity (Wildman–Crippen MR) is 111 cm³/mol. The molecule has 1 saturated carbocycles. The number of aryl methyl sites for hydroxylation is 1. The lowest BCUT2D eigenvalue weighted by Gasteiger charge is -2.43. The van der Waals surface area contributed by atoms with Crippen molar-refractivity contribution in [2.24, 2.45) is 5.92 Å². The Hall–Kier alpha value is -1.45. The van der Waals surface area contributed by atoms with E-state index in [0.29, 0.717) is 16.3 Å². The van der Waals surface area contributed by atoms with Crippen molar-refractivity contribution in [2.45, 2.75) is 47.5 Å². The molecule has 2 aromatic carbocycles. The Morgan fingerprint density at radius 1 is 0.923 bits per heavy atom. The number of benzene rings is 2. The van der Waals surface area contributed by atoms with Gasteiger partial charge in [0.1, 0.15) is 5.78 Å². The maximum atomic E-state index is 12.9. The fourth-order valence-electron chi connectivity index (χ4n) is 4.61. The van der Waals surface area contributed by atoms with Gasteiger partial charge >= 0.3 is 0 Å². The SMILES string of the molecule is O=C1CCCC2SC3=C(CCc4ccccc43)C(Sc3ccccc3)C12. The lowest BCUT2D eigenvalue weighted by atomic mass is 9.79. The molecule has 0 bridgehead atoms. The zero-order valence-electron chi connectivity index (χ0n) is 14.7. The monoisotopic (exact) mass is 378 g/mol. The molecule has 1 heterocycles. The zero-order valence-corrected chi connectivity index (χ0v) is 16.3. The van der Waals surface area contributed by atoms with E-state index in [2.05, 4.69) is 54.6 Å². The molecule has 2 aromatic rings. The lowest BCUT2D eigenvalue weighted by Crippen LogP contribution is -2.42. The highest BCUT2D eigenvalue weighted by atomic mass is 32.2. The van der Waals surface area contributed by atoms with Crippen LogP contribution < -0.4 is 0 Å². The summed E-state index contributed by atoms with van der Waals surface area (Å²) in [5, 5.41) is 0.752. The average molecular weight is 379 g/mol. The lowest BCUT2D eigenvalue weighted by molar-refractivity contribution is -0.124. The van der Waals surface area contributed by atoms with E-state index in [0.717, 1.165) is 25.7 Å². The molecule has 0 saturated heterocycles. The Labute approximate surface area is 163 Å². The quantitative estimate of drug-likeness (QED) is 0.639. The summed E-state index contributed by atoms with van der Waals surface area (Å²) in [6, 6.07) is 19.5. The number of carbonyl (C=O) groups is 1. The Bertz CT molecular complexity index is 871. The second-order valence-electron chi connectivity index (χ2n) is 7.40. The average Bonchev–Trinajstić information content (AvgIpc) is 2.68. The highest BCUT2D eigenvalue weighted by Gasteiger charge is 2.45. The van der Waals surface area contributed by atoms with Crippen LogP contribution in [-0.4, -0.2) is 16.3 Å². The minimum atomic E-state index is 0.183. The highest BCUT2D eigenvalue weighted by molar-refractivity contribution is 8.09. The third-order valence-electron chi connectivity index (χ3n) is 5.85. The van der Waals surface area contributed by atoms with Crippen LogP contribution in [0.2, 0.25) is 0 Å². The summed E-state index contributed by atoms with van der Waals surface area (Å²) in [5.41, 5.74) is 4.43. The van der Waals surface area contributed by atoms with Crippen LogP contribution in [0.4, 0.5) is 0 Å². The summed E-state index contributed by atoms with van der Waals surface area (Å²) >= 11 is 3.93. The molecule has 0 spiro atoms. The number of fused-ring (bicyclic) bond motifs is 3. The standard InChI is InChI=1S/C23H22OS2/c24-19-11-6-12-20-21(19)23(25-16-8-2-1-3-9-16)18-14-13-15-7-4-5-10-17(15)22(18)26-20/h1-5,7-10,20-21,23H,6,11-14H2. The van der Waals surface area contributed by atoms with E-state index in [1.54, 1.807) is 0 Å². The smallest absolute Gasteiger partial charge is 0.138 e. The number of Topliss-reactive ketones (excluding diaryl/α,β-unsaturated/α-hetero) is 1. The third-order valence-corrected chi connectivity index (χ3v) is 8.77. The maximum absolute atomic E-state index is 12.9. The number of hydrogen-bond donors (Lipinski definition) is 0. The Kier molecular flexibility index (Phi) is 4.46. The van der Waals surface area contributed by atoms with Crippen LogP contribution in [0.5, 0.6) is 0 Å². The van der Waals surface area contributed by atoms with Crippen molar-refractivity contribution in [1.29, 1.82) is 0 Å². The Morgan fingerprint density at radius 2 is 1.73 bits per heavy atom. The number of thioether (sulfide) groups is 2. The summed E-state index contributed by atoms with van der Waals surface area (Å²) in [6.07, 6.45) is 5.20. The van der Waals surface area contributed by atoms with Crippen LogP contribution in [0.3, 0.4) is 0 Å². The summed E-state index contributed by atoms with van der Waals surface area (Å²) in [6.45, 7) is 0. The van der Waals surface area contributed by atoms with E-state index in [4.69, 9.17) is 0 Å². The number of carbonyl (C=O) groups excluding carboxylic acids is 1. The van der Waals surface area contributed by atoms with E-state index in [-0.39, 0.29) is 5.92 Å². The first kappa shape index (κ1) is 16.7. The van der Waals surface area contributed by atoms with Crippen molar-refractivity contribution >= 4 is 34.2 Å². The molecule has 5 rings (SSSR count). The van der Waals surface area contributed by atoms with Gasteiger partial charge in [0.25, 0.3) is 0 Å². The summed E-state index contributed by atoms with van der Waals surface area (Å²) in [4.78, 5) is 15.7. The zero-order chi connectivity index (χ0) is 17.5. The minimum Gasteiger partial charge on any atom is -0.299 e. The van der Waals surface area contributed by atoms with E-state index >= 15 is 0 Å². The molecule has 132 valence electrons. The molecule has 26 heavy (non-hydrogen) atoms. The Balaban J connectivity index is 1.61. The molecule has 0 N–H and O–H groups in total. The van der Waals surface area contributed by atoms with Gasteiger partial charge in [0.2, 0.25) is 0 Å². The molecule has 1 aliphatic heterocycles. The van der Waals surface area contributed by atoms with Crippen molar-refractivity contribution in [3.05, 3.63) is 71.3 Å². The molecule has 1 nitrogen and oxygen atoms in total. The fourth-order valence-corrected chi connectivity index (χ4v) is 8.01. The number of ketones is 1. The maximum Gasteiger partial charge on any atom is 0.138 e. The molecular formula is C23H22OS2. The molecule has 2 aliphatic carbocycles. The van der Waals surface area contributed by atoms with Crippen LogP contribution in [0.25, 0.3) is 4.91 Å². The van der Waals surface area contributed by atoms with Crippen LogP contribution in [0, 0.1) is 5.92 Å². The topological polar surface area (TPSA) is 17.1 Å². The summed E-state index contributed by atoms with van der Waals surface area (Å²) in [7, 11) is 0. The van der Waals surface area contributed by atoms with Gasteiger partial charge in [-0.25, -0.2) is 0 Å². The van der Waals surface area contributed by atoms with Gasteiger partial charge in [-0.1, -0.05) is 42.5 Å². The van der Waals surface area contributed by atoms with Crippen molar-refractivity contribution in [2.75, 3.05) is 0 Å². The minimum absolute atomic E-state index is 0.183. The number of hydrogen-bond acceptors (Lipinski definition) is 3. The van der Waals surface area contributed by atoms with Crippen LogP contribution >= 0.6 is 23.5 Å². The van der Waals surface area contributed by atoms with E-state index in [1.165, 1.54) is 32.9 Å². The van der Waals surface area contributed by atoms with Gasteiger partial charge in [-0.05, 0) is 54.5 Å². The predicted octanol–water partition coefficient (Wildman–Crippen LogP) is 5.99. The highest BCUT2D eigenvalue weighted by Crippen LogP contribution is 2.55. The van der Waals surface area contributed by atoms with Crippen molar-refractivity contribution in [3.8, 4) is 0 Å². The number of rotatable bonds is 2. The van der Waals surface area contributed by atoms with Gasteiger partial charge in [0, 0.05) is 32.6 Å². The summed E-state index contributed by atoms with van der Waals surface area (Å²) < 4.78 is 0. The van der Waals surface area contributed by atoms with Gasteiger partial charge in [-0.15, -0.1) is 23.5 Å². The van der Waals surface area contributed by atoms with E-state index in [1.807, 2.05) is 23.5 Å². The van der Waals surface area contributed by atoms with Gasteiger partial charge in [-0.3, -0.25) is 4.79 Å². The van der Waals surface area contributed by atoms with Crippen molar-refractivity contribution in [3.63, 3.8) is 0 Å². The summed E-state index contributed by atoms with van der Waals surface area (Å²) in [5.74, 6) is 0.676. The van der Waals surface area contributed by atoms with Gasteiger partial charge in [0.15, 0.2) is 0 Å². The normalized spacial score (nSPS) is 27.5. The molecule has 0 radical (unpaired) electrons. The van der Waals surface area contributed by atoms with Crippen LogP contribution in [-0.2, 0) is 11.2 Å². The van der Waals surface area contributed by atoms with Crippen molar-refractivity contribution < 1.29 is 4.79 Å². The first-order valence-electron chi connectivity index (χ1n) is 9.53. The molecule has 3 aliphatic rings. The van der Waals surface area contributed by atoms with E-state index < -0.39 is 0 Å². The van der Waals surface area contributed by atoms with Gasteiger partial charge in [-0.2, -0.15) is 0 Å². The van der Waals surface area contributed by atoms with Gasteiger partial charge < -0.3 is 0 Å². The second-order valence-corrected chi connectivity index (χ2v) is 9.87. The molecule has 1 fully saturated rings.